The Hall–Kier alpha value is -1.42. The number of piperazine rings is 1. The predicted molar refractivity (Wildman–Crippen MR) is 65.6 cm³/mol. The second-order valence-corrected chi connectivity index (χ2v) is 5.15. The van der Waals surface area contributed by atoms with Crippen LogP contribution >= 0.6 is 0 Å². The molecule has 1 aromatic carbocycles. The first-order valence-corrected chi connectivity index (χ1v) is 5.71. The minimum absolute atomic E-state index is 0.0269. The van der Waals surface area contributed by atoms with Crippen molar-refractivity contribution < 1.29 is 9.18 Å². The Morgan fingerprint density at radius 1 is 1.41 bits per heavy atom. The van der Waals surface area contributed by atoms with Crippen LogP contribution in [0, 0.1) is 12.7 Å². The number of nitrogens with zero attached hydrogens (tertiary/aromatic N) is 1. The normalized spacial score (nSPS) is 19.5. The van der Waals surface area contributed by atoms with Crippen LogP contribution in [0.3, 0.4) is 0 Å². The molecule has 0 spiro atoms. The number of hydrogen-bond donors (Lipinski definition) is 1. The van der Waals surface area contributed by atoms with E-state index in [4.69, 9.17) is 0 Å². The lowest BCUT2D eigenvalue weighted by atomic mass is 10.0. The highest BCUT2D eigenvalue weighted by Gasteiger charge is 2.31. The van der Waals surface area contributed by atoms with Crippen LogP contribution in [-0.4, -0.2) is 24.5 Å². The first-order chi connectivity index (χ1) is 7.89. The summed E-state index contributed by atoms with van der Waals surface area (Å²) in [5.74, 6) is -0.243. The minimum atomic E-state index is -0.270. The molecule has 3 nitrogen and oxygen atoms in total. The van der Waals surface area contributed by atoms with Crippen molar-refractivity contribution in [3.8, 4) is 0 Å². The van der Waals surface area contributed by atoms with Crippen LogP contribution in [0.5, 0.6) is 0 Å². The van der Waals surface area contributed by atoms with Crippen LogP contribution in [-0.2, 0) is 4.79 Å². The Morgan fingerprint density at radius 2 is 2.12 bits per heavy atom. The van der Waals surface area contributed by atoms with Gasteiger partial charge in [0, 0.05) is 17.8 Å². The Kier molecular flexibility index (Phi) is 2.91. The average molecular weight is 236 g/mol. The molecule has 1 saturated heterocycles. The number of rotatable bonds is 1. The number of amides is 1. The minimum Gasteiger partial charge on any atom is -0.309 e. The van der Waals surface area contributed by atoms with Gasteiger partial charge in [-0.15, -0.1) is 0 Å². The number of carbonyl (C=O) groups excluding carboxylic acids is 1. The molecule has 1 amide bonds. The van der Waals surface area contributed by atoms with Crippen LogP contribution in [0.4, 0.5) is 10.1 Å². The van der Waals surface area contributed by atoms with E-state index in [9.17, 15) is 9.18 Å². The molecule has 0 unspecified atom stereocenters. The Bertz CT molecular complexity index is 457. The van der Waals surface area contributed by atoms with Crippen LogP contribution in [0.2, 0.25) is 0 Å². The zero-order valence-corrected chi connectivity index (χ0v) is 10.4. The molecule has 0 radical (unpaired) electrons. The summed E-state index contributed by atoms with van der Waals surface area (Å²) >= 11 is 0. The van der Waals surface area contributed by atoms with Crippen LogP contribution < -0.4 is 10.2 Å². The van der Waals surface area contributed by atoms with Crippen molar-refractivity contribution in [2.45, 2.75) is 26.3 Å². The molecule has 0 atom stereocenters. The number of anilines is 1. The van der Waals surface area contributed by atoms with E-state index in [0.29, 0.717) is 13.1 Å². The van der Waals surface area contributed by atoms with E-state index >= 15 is 0 Å². The Morgan fingerprint density at radius 3 is 2.76 bits per heavy atom. The van der Waals surface area contributed by atoms with E-state index < -0.39 is 0 Å². The fourth-order valence-corrected chi connectivity index (χ4v) is 2.09. The molecule has 0 bridgehead atoms. The molecule has 0 saturated carbocycles. The van der Waals surface area contributed by atoms with Gasteiger partial charge in [-0.1, -0.05) is 0 Å². The third-order valence-corrected chi connectivity index (χ3v) is 3.02. The molecule has 1 aromatic rings. The van der Waals surface area contributed by atoms with Gasteiger partial charge >= 0.3 is 0 Å². The van der Waals surface area contributed by atoms with Gasteiger partial charge in [-0.05, 0) is 44.5 Å². The second-order valence-electron chi connectivity index (χ2n) is 5.15. The molecule has 1 N–H and O–H groups in total. The predicted octanol–water partition coefficient (Wildman–Crippen LogP) is 1.85. The summed E-state index contributed by atoms with van der Waals surface area (Å²) in [6.07, 6.45) is 0. The van der Waals surface area contributed by atoms with E-state index in [1.807, 2.05) is 20.8 Å². The fourth-order valence-electron chi connectivity index (χ4n) is 2.09. The second kappa shape index (κ2) is 4.11. The van der Waals surface area contributed by atoms with E-state index in [0.717, 1.165) is 11.3 Å². The first kappa shape index (κ1) is 12.0. The lowest BCUT2D eigenvalue weighted by molar-refractivity contribution is -0.119. The summed E-state index contributed by atoms with van der Waals surface area (Å²) in [5.41, 5.74) is 1.47. The van der Waals surface area contributed by atoms with Gasteiger partial charge < -0.3 is 10.2 Å². The van der Waals surface area contributed by atoms with Gasteiger partial charge in [-0.25, -0.2) is 4.39 Å². The molecule has 1 aliphatic rings. The monoisotopic (exact) mass is 236 g/mol. The van der Waals surface area contributed by atoms with E-state index in [-0.39, 0.29) is 17.3 Å². The van der Waals surface area contributed by atoms with E-state index in [2.05, 4.69) is 5.32 Å². The van der Waals surface area contributed by atoms with E-state index in [1.54, 1.807) is 11.0 Å². The smallest absolute Gasteiger partial charge is 0.241 e. The topological polar surface area (TPSA) is 32.3 Å². The van der Waals surface area contributed by atoms with Crippen molar-refractivity contribution in [1.29, 1.82) is 0 Å². The van der Waals surface area contributed by atoms with Gasteiger partial charge in [0.1, 0.15) is 5.82 Å². The molecule has 0 aliphatic carbocycles. The molecule has 2 rings (SSSR count). The number of nitrogens with one attached hydrogen (secondary N) is 1. The molecule has 1 heterocycles. The quantitative estimate of drug-likeness (QED) is 0.807. The molecule has 1 aliphatic heterocycles. The maximum atomic E-state index is 13.0. The van der Waals surface area contributed by atoms with Crippen molar-refractivity contribution in [2.24, 2.45) is 0 Å². The van der Waals surface area contributed by atoms with Gasteiger partial charge in [0.05, 0.1) is 6.54 Å². The standard InChI is InChI=1S/C13H17FN2O/c1-9-6-10(14)4-5-11(9)16-8-13(2,3)15-7-12(16)17/h4-6,15H,7-8H2,1-3H3. The lowest BCUT2D eigenvalue weighted by Gasteiger charge is -2.39. The number of benzene rings is 1. The third kappa shape index (κ3) is 2.47. The summed E-state index contributed by atoms with van der Waals surface area (Å²) in [5, 5.41) is 3.17. The van der Waals surface area contributed by atoms with Gasteiger partial charge in [0.25, 0.3) is 0 Å². The zero-order valence-electron chi connectivity index (χ0n) is 10.4. The summed E-state index contributed by atoms with van der Waals surface area (Å²) in [7, 11) is 0. The highest BCUT2D eigenvalue weighted by molar-refractivity contribution is 5.96. The third-order valence-electron chi connectivity index (χ3n) is 3.02. The SMILES string of the molecule is Cc1cc(F)ccc1N1CC(C)(C)NCC1=O. The highest BCUT2D eigenvalue weighted by atomic mass is 19.1. The fraction of sp³-hybridized carbons (Fsp3) is 0.462. The lowest BCUT2D eigenvalue weighted by Crippen LogP contribution is -2.60. The van der Waals surface area contributed by atoms with Gasteiger partial charge in [-0.2, -0.15) is 0 Å². The van der Waals surface area contributed by atoms with Gasteiger partial charge in [0.2, 0.25) is 5.91 Å². The van der Waals surface area contributed by atoms with Gasteiger partial charge in [-0.3, -0.25) is 4.79 Å². The van der Waals surface area contributed by atoms with Crippen molar-refractivity contribution in [2.75, 3.05) is 18.0 Å². The van der Waals surface area contributed by atoms with Crippen molar-refractivity contribution >= 4 is 11.6 Å². The van der Waals surface area contributed by atoms with E-state index in [1.165, 1.54) is 12.1 Å². The summed E-state index contributed by atoms with van der Waals surface area (Å²) in [4.78, 5) is 13.6. The molecule has 17 heavy (non-hydrogen) atoms. The van der Waals surface area contributed by atoms with Crippen molar-refractivity contribution in [3.63, 3.8) is 0 Å². The number of carbonyl (C=O) groups is 1. The molecule has 4 heteroatoms. The maximum absolute atomic E-state index is 13.0. The first-order valence-electron chi connectivity index (χ1n) is 5.71. The number of aryl methyl sites for hydroxylation is 1. The summed E-state index contributed by atoms with van der Waals surface area (Å²) in [6.45, 7) is 6.83. The Labute approximate surface area is 101 Å². The maximum Gasteiger partial charge on any atom is 0.241 e. The largest absolute Gasteiger partial charge is 0.309 e. The molecule has 1 fully saturated rings. The average Bonchev–Trinajstić information content (AvgIpc) is 2.22. The van der Waals surface area contributed by atoms with Gasteiger partial charge in [0.15, 0.2) is 0 Å². The molecular formula is C13H17FN2O. The highest BCUT2D eigenvalue weighted by Crippen LogP contribution is 2.24. The number of hydrogen-bond acceptors (Lipinski definition) is 2. The van der Waals surface area contributed by atoms with Crippen LogP contribution in [0.25, 0.3) is 0 Å². The molecule has 92 valence electrons. The molecular weight excluding hydrogens is 219 g/mol. The summed E-state index contributed by atoms with van der Waals surface area (Å²) < 4.78 is 13.0. The van der Waals surface area contributed by atoms with Crippen molar-refractivity contribution in [3.05, 3.63) is 29.6 Å². The summed E-state index contributed by atoms with van der Waals surface area (Å²) in [6, 6.07) is 4.52. The van der Waals surface area contributed by atoms with Crippen molar-refractivity contribution in [1.82, 2.24) is 5.32 Å². The zero-order chi connectivity index (χ0) is 12.6. The van der Waals surface area contributed by atoms with Crippen LogP contribution in [0.1, 0.15) is 19.4 Å². The number of halogens is 1. The molecule has 0 aromatic heterocycles. The Balaban J connectivity index is 2.34. The van der Waals surface area contributed by atoms with Crippen LogP contribution in [0.15, 0.2) is 18.2 Å².